The number of thiocarbonyl (C=S) groups is 1. The molecule has 0 aromatic heterocycles. The van der Waals surface area contributed by atoms with Crippen molar-refractivity contribution in [1.29, 1.82) is 0 Å². The lowest BCUT2D eigenvalue weighted by Crippen LogP contribution is -2.48. The Morgan fingerprint density at radius 3 is 2.72 bits per heavy atom. The van der Waals surface area contributed by atoms with E-state index in [9.17, 15) is 0 Å². The average molecular weight is 323 g/mol. The molecule has 1 heterocycles. The van der Waals surface area contributed by atoms with Crippen LogP contribution >= 0.6 is 28.1 Å². The van der Waals surface area contributed by atoms with Crippen molar-refractivity contribution in [3.63, 3.8) is 0 Å². The molecule has 94 valence electrons. The van der Waals surface area contributed by atoms with Gasteiger partial charge >= 0.3 is 0 Å². The Morgan fingerprint density at radius 2 is 2.22 bits per heavy atom. The minimum atomic E-state index is -0.316. The molecule has 0 radical (unpaired) electrons. The van der Waals surface area contributed by atoms with Gasteiger partial charge in [0.2, 0.25) is 0 Å². The number of hydrogen-bond donors (Lipinski definition) is 1. The van der Waals surface area contributed by atoms with Crippen LogP contribution in [0.3, 0.4) is 0 Å². The minimum absolute atomic E-state index is 0.316. The lowest BCUT2D eigenvalue weighted by molar-refractivity contribution is 0.159. The van der Waals surface area contributed by atoms with Crippen LogP contribution in [0.4, 0.5) is 0 Å². The summed E-state index contributed by atoms with van der Waals surface area (Å²) in [6.45, 7) is 1.99. The molecule has 1 atom stereocenters. The Morgan fingerprint density at radius 1 is 1.44 bits per heavy atom. The van der Waals surface area contributed by atoms with E-state index in [1.165, 1.54) is 24.8 Å². The molecule has 18 heavy (non-hydrogen) atoms. The summed E-state index contributed by atoms with van der Waals surface area (Å²) < 4.78 is 1.09. The summed E-state index contributed by atoms with van der Waals surface area (Å²) in [5.41, 5.74) is 1.85. The van der Waals surface area contributed by atoms with Crippen LogP contribution in [-0.4, -0.2) is 10.7 Å². The van der Waals surface area contributed by atoms with Crippen molar-refractivity contribution in [3.8, 4) is 0 Å². The number of halogens is 1. The molecule has 1 aliphatic carbocycles. The van der Waals surface area contributed by atoms with Crippen LogP contribution in [0.5, 0.6) is 0 Å². The molecule has 0 amide bonds. The Kier molecular flexibility index (Phi) is 3.02. The molecule has 1 aromatic carbocycles. The summed E-state index contributed by atoms with van der Waals surface area (Å²) >= 11 is 8.90. The van der Waals surface area contributed by atoms with Gasteiger partial charge in [-0.1, -0.05) is 46.7 Å². The number of rotatable bonds is 2. The molecule has 2 aliphatic rings. The summed E-state index contributed by atoms with van der Waals surface area (Å²) in [5.74, 6) is 0.558. The van der Waals surface area contributed by atoms with Gasteiger partial charge in [-0.25, -0.2) is 0 Å². The van der Waals surface area contributed by atoms with Crippen LogP contribution in [0, 0.1) is 5.92 Å². The quantitative estimate of drug-likeness (QED) is 0.838. The van der Waals surface area contributed by atoms with E-state index in [2.05, 4.69) is 39.4 Å². The van der Waals surface area contributed by atoms with Crippen LogP contribution < -0.4 is 5.32 Å². The minimum Gasteiger partial charge on any atom is -0.347 e. The molecule has 1 saturated carbocycles. The van der Waals surface area contributed by atoms with Gasteiger partial charge in [0.15, 0.2) is 5.66 Å². The van der Waals surface area contributed by atoms with Crippen LogP contribution in [0.2, 0.25) is 0 Å². The lowest BCUT2D eigenvalue weighted by atomic mass is 9.73. The van der Waals surface area contributed by atoms with Crippen molar-refractivity contribution in [1.82, 2.24) is 5.32 Å². The second-order valence-corrected chi connectivity index (χ2v) is 6.38. The maximum atomic E-state index is 5.36. The zero-order valence-corrected chi connectivity index (χ0v) is 12.6. The van der Waals surface area contributed by atoms with E-state index in [1.54, 1.807) is 0 Å². The van der Waals surface area contributed by atoms with Gasteiger partial charge in [-0.15, -0.1) is 0 Å². The fourth-order valence-electron chi connectivity index (χ4n) is 2.72. The second-order valence-electron chi connectivity index (χ2n) is 5.06. The summed E-state index contributed by atoms with van der Waals surface area (Å²) in [6.07, 6.45) is 3.74. The van der Waals surface area contributed by atoms with Gasteiger partial charge in [0.25, 0.3) is 0 Å². The van der Waals surface area contributed by atoms with E-state index >= 15 is 0 Å². The van der Waals surface area contributed by atoms with Crippen LogP contribution in [0.25, 0.3) is 0 Å². The SMILES string of the molecule is CC1=NC(c2cccc(Br)c2)(C2CCC2)NC1=S. The van der Waals surface area contributed by atoms with Crippen molar-refractivity contribution >= 4 is 38.8 Å². The Balaban J connectivity index is 2.09. The van der Waals surface area contributed by atoms with Gasteiger partial charge in [0.1, 0.15) is 4.99 Å². The van der Waals surface area contributed by atoms with Crippen molar-refractivity contribution in [2.75, 3.05) is 0 Å². The highest BCUT2D eigenvalue weighted by molar-refractivity contribution is 9.10. The van der Waals surface area contributed by atoms with Gasteiger partial charge in [-0.2, -0.15) is 0 Å². The number of nitrogens with zero attached hydrogens (tertiary/aromatic N) is 1. The zero-order chi connectivity index (χ0) is 12.8. The third-order valence-electron chi connectivity index (χ3n) is 3.94. The average Bonchev–Trinajstić information content (AvgIpc) is 2.53. The molecule has 3 rings (SSSR count). The van der Waals surface area contributed by atoms with Gasteiger partial charge < -0.3 is 5.32 Å². The van der Waals surface area contributed by atoms with Crippen LogP contribution in [0.15, 0.2) is 33.7 Å². The monoisotopic (exact) mass is 322 g/mol. The second kappa shape index (κ2) is 4.42. The van der Waals surface area contributed by atoms with Crippen molar-refractivity contribution < 1.29 is 0 Å². The molecular weight excluding hydrogens is 308 g/mol. The van der Waals surface area contributed by atoms with Crippen LogP contribution in [0.1, 0.15) is 31.7 Å². The molecule has 1 aromatic rings. The highest BCUT2D eigenvalue weighted by Crippen LogP contribution is 2.45. The first kappa shape index (κ1) is 12.3. The van der Waals surface area contributed by atoms with Gasteiger partial charge in [-0.05, 0) is 31.9 Å². The number of benzene rings is 1. The van der Waals surface area contributed by atoms with E-state index in [0.29, 0.717) is 5.92 Å². The van der Waals surface area contributed by atoms with E-state index in [4.69, 9.17) is 17.2 Å². The molecule has 1 unspecified atom stereocenters. The highest BCUT2D eigenvalue weighted by atomic mass is 79.9. The smallest absolute Gasteiger partial charge is 0.159 e. The maximum absolute atomic E-state index is 5.36. The highest BCUT2D eigenvalue weighted by Gasteiger charge is 2.47. The molecule has 0 saturated heterocycles. The number of aliphatic imine (C=N–C) groups is 1. The fraction of sp³-hybridized carbons (Fsp3) is 0.429. The first-order valence-corrected chi connectivity index (χ1v) is 7.47. The summed E-state index contributed by atoms with van der Waals surface area (Å²) in [6, 6.07) is 8.40. The number of nitrogens with one attached hydrogen (secondary N) is 1. The standard InChI is InChI=1S/C14H15BrN2S/c1-9-13(18)17-14(16-9,10-4-2-5-10)11-6-3-7-12(15)8-11/h3,6-8,10H,2,4-5H2,1H3,(H,17,18). The zero-order valence-electron chi connectivity index (χ0n) is 10.2. The van der Waals surface area contributed by atoms with Gasteiger partial charge in [0.05, 0.1) is 5.71 Å². The summed E-state index contributed by atoms with van der Waals surface area (Å²) in [4.78, 5) is 5.67. The molecule has 1 aliphatic heterocycles. The van der Waals surface area contributed by atoms with Gasteiger partial charge in [0, 0.05) is 16.0 Å². The predicted molar refractivity (Wildman–Crippen MR) is 82.0 cm³/mol. The van der Waals surface area contributed by atoms with E-state index in [0.717, 1.165) is 15.2 Å². The van der Waals surface area contributed by atoms with Crippen molar-refractivity contribution in [3.05, 3.63) is 34.3 Å². The first-order chi connectivity index (χ1) is 8.62. The largest absolute Gasteiger partial charge is 0.347 e. The Hall–Kier alpha value is -0.740. The third kappa shape index (κ3) is 1.82. The Labute approximate surface area is 121 Å². The molecule has 4 heteroatoms. The maximum Gasteiger partial charge on any atom is 0.159 e. The first-order valence-electron chi connectivity index (χ1n) is 6.27. The third-order valence-corrected chi connectivity index (χ3v) is 4.83. The molecule has 1 N–H and O–H groups in total. The van der Waals surface area contributed by atoms with E-state index in [1.807, 2.05) is 13.0 Å². The Bertz CT molecular complexity index is 536. The van der Waals surface area contributed by atoms with Crippen molar-refractivity contribution in [2.45, 2.75) is 31.8 Å². The van der Waals surface area contributed by atoms with E-state index in [-0.39, 0.29) is 5.66 Å². The molecule has 0 spiro atoms. The molecule has 0 bridgehead atoms. The number of hydrogen-bond acceptors (Lipinski definition) is 2. The van der Waals surface area contributed by atoms with E-state index < -0.39 is 0 Å². The molecule has 1 fully saturated rings. The predicted octanol–water partition coefficient (Wildman–Crippen LogP) is 3.79. The lowest BCUT2D eigenvalue weighted by Gasteiger charge is -2.41. The summed E-state index contributed by atoms with van der Waals surface area (Å²) in [7, 11) is 0. The van der Waals surface area contributed by atoms with Gasteiger partial charge in [-0.3, -0.25) is 4.99 Å². The summed E-state index contributed by atoms with van der Waals surface area (Å²) in [5, 5.41) is 3.47. The topological polar surface area (TPSA) is 24.4 Å². The molecular formula is C14H15BrN2S. The van der Waals surface area contributed by atoms with Crippen LogP contribution in [-0.2, 0) is 5.66 Å². The molecule has 2 nitrogen and oxygen atoms in total. The fourth-order valence-corrected chi connectivity index (χ4v) is 3.32. The van der Waals surface area contributed by atoms with Crippen molar-refractivity contribution in [2.24, 2.45) is 10.9 Å². The normalized spacial score (nSPS) is 27.7.